The topological polar surface area (TPSA) is 0 Å². The summed E-state index contributed by atoms with van der Waals surface area (Å²) >= 11 is 4.85. The van der Waals surface area contributed by atoms with Crippen molar-refractivity contribution in [1.82, 2.24) is 0 Å². The minimum absolute atomic E-state index is 0.0458. The molecule has 0 saturated heterocycles. The van der Waals surface area contributed by atoms with Crippen LogP contribution in [-0.2, 0) is 0 Å². The van der Waals surface area contributed by atoms with E-state index in [1.807, 2.05) is 0 Å². The van der Waals surface area contributed by atoms with Crippen LogP contribution in [0.5, 0.6) is 0 Å². The Labute approximate surface area is 274 Å². The van der Waals surface area contributed by atoms with E-state index in [-0.39, 0.29) is 5.66 Å². The van der Waals surface area contributed by atoms with Gasteiger partial charge in [0.2, 0.25) is 0 Å². The minimum atomic E-state index is -3.51. The number of benzene rings is 7. The molecule has 7 rings (SSSR count). The molecule has 0 aliphatic rings. The third-order valence-electron chi connectivity index (χ3n) is 8.89. The molecule has 0 bridgehead atoms. The van der Waals surface area contributed by atoms with Crippen molar-refractivity contribution in [2.45, 2.75) is 5.66 Å². The van der Waals surface area contributed by atoms with Crippen molar-refractivity contribution in [2.24, 2.45) is 0 Å². The van der Waals surface area contributed by atoms with Gasteiger partial charge in [0.15, 0.2) is 0 Å². The van der Waals surface area contributed by atoms with Crippen LogP contribution in [0.15, 0.2) is 200 Å². The van der Waals surface area contributed by atoms with Gasteiger partial charge in [0.1, 0.15) is 0 Å². The summed E-state index contributed by atoms with van der Waals surface area (Å²) in [6, 6.07) is 73.2. The Hall–Kier alpha value is -4.55. The zero-order valence-electron chi connectivity index (χ0n) is 25.0. The Morgan fingerprint density at radius 2 is 0.600 bits per heavy atom. The summed E-state index contributed by atoms with van der Waals surface area (Å²) in [4.78, 5) is 0. The normalized spacial score (nSPS) is 12.4. The monoisotopic (exact) mass is 660 g/mol. The Morgan fingerprint density at radius 1 is 0.311 bits per heavy atom. The first-order valence-electron chi connectivity index (χ1n) is 15.4. The molecule has 2 heteroatoms. The predicted molar refractivity (Wildman–Crippen MR) is 200 cm³/mol. The molecule has 0 amide bonds. The summed E-state index contributed by atoms with van der Waals surface area (Å²) in [5, 5.41) is 0.365. The maximum absolute atomic E-state index is 4.85. The molecule has 0 aliphatic carbocycles. The van der Waals surface area contributed by atoms with Gasteiger partial charge in [0.25, 0.3) is 0 Å². The summed E-state index contributed by atoms with van der Waals surface area (Å²) < 4.78 is 0. The van der Waals surface area contributed by atoms with Crippen LogP contribution in [0, 0.1) is 0 Å². The van der Waals surface area contributed by atoms with Crippen LogP contribution in [0.4, 0.5) is 0 Å². The summed E-state index contributed by atoms with van der Waals surface area (Å²) in [6.45, 7) is 0. The van der Waals surface area contributed by atoms with Crippen LogP contribution >= 0.6 is 20.8 Å². The van der Waals surface area contributed by atoms with Crippen LogP contribution in [-0.4, -0.2) is 0 Å². The number of hydrogen-bond acceptors (Lipinski definition) is 0. The van der Waals surface area contributed by atoms with E-state index in [9.17, 15) is 0 Å². The van der Waals surface area contributed by atoms with Crippen molar-refractivity contribution in [3.63, 3.8) is 0 Å². The number of rotatable bonds is 8. The van der Waals surface area contributed by atoms with Gasteiger partial charge in [0, 0.05) is 0 Å². The molecule has 0 aliphatic heterocycles. The van der Waals surface area contributed by atoms with Gasteiger partial charge in [-0.15, -0.1) is 0 Å². The second-order valence-corrected chi connectivity index (χ2v) is 20.1. The Morgan fingerprint density at radius 3 is 0.933 bits per heavy atom. The molecule has 0 radical (unpaired) electrons. The van der Waals surface area contributed by atoms with Gasteiger partial charge in [-0.2, -0.15) is 0 Å². The molecular formula is C43H34BrP. The molecule has 0 saturated carbocycles. The third-order valence-corrected chi connectivity index (χ3v) is 19.3. The zero-order valence-corrected chi connectivity index (χ0v) is 27.4. The fraction of sp³-hybridized carbons (Fsp3) is 0.0233. The Kier molecular flexibility index (Phi) is 8.07. The predicted octanol–water partition coefficient (Wildman–Crippen LogP) is 10.9. The second kappa shape index (κ2) is 12.4. The molecule has 0 heterocycles. The first-order valence-corrected chi connectivity index (χ1v) is 19.7. The van der Waals surface area contributed by atoms with E-state index in [2.05, 4.69) is 200 Å². The van der Waals surface area contributed by atoms with Crippen molar-refractivity contribution >= 4 is 36.7 Å². The first kappa shape index (κ1) is 29.2. The molecule has 0 aromatic heterocycles. The molecular weight excluding hydrogens is 627 g/mol. The van der Waals surface area contributed by atoms with Crippen LogP contribution in [0.2, 0.25) is 0 Å². The Balaban J connectivity index is 1.63. The zero-order chi connectivity index (χ0) is 30.6. The van der Waals surface area contributed by atoms with Gasteiger partial charge < -0.3 is 0 Å². The van der Waals surface area contributed by atoms with Gasteiger partial charge in [-0.3, -0.25) is 0 Å². The van der Waals surface area contributed by atoms with Crippen LogP contribution in [0.1, 0.15) is 16.8 Å². The number of halogens is 1. The number of hydrogen-bond donors (Lipinski definition) is 0. The van der Waals surface area contributed by atoms with E-state index in [0.717, 1.165) is 0 Å². The van der Waals surface area contributed by atoms with Crippen LogP contribution in [0.3, 0.4) is 0 Å². The fourth-order valence-corrected chi connectivity index (χ4v) is 15.9. The van der Waals surface area contributed by atoms with Crippen molar-refractivity contribution in [3.8, 4) is 22.3 Å². The third kappa shape index (κ3) is 5.17. The molecule has 0 spiro atoms. The molecule has 0 nitrogen and oxygen atoms in total. The van der Waals surface area contributed by atoms with Crippen molar-refractivity contribution < 1.29 is 0 Å². The van der Waals surface area contributed by atoms with E-state index in [1.165, 1.54) is 49.3 Å². The standard InChI is InChI=1S/C43H34BrP/c44-45(40-26-10-3-11-27-40,41-28-12-4-13-29-41,42-30-14-5-15-31-42)43(38-24-16-22-36(32-38)34-18-6-1-7-19-34)39-25-17-23-37(33-39)35-20-8-2-9-21-35/h1-33,43H. The summed E-state index contributed by atoms with van der Waals surface area (Å²) in [6.07, 6.45) is 0. The molecule has 0 N–H and O–H groups in total. The van der Waals surface area contributed by atoms with Crippen LogP contribution < -0.4 is 15.9 Å². The van der Waals surface area contributed by atoms with E-state index < -0.39 is 5.31 Å². The molecule has 0 fully saturated rings. The SMILES string of the molecule is BrP(c1ccccc1)(c1ccccc1)(c1ccccc1)C(c1cccc(-c2ccccc2)c1)c1cccc(-c2ccccc2)c1. The van der Waals surface area contributed by atoms with Crippen molar-refractivity contribution in [1.29, 1.82) is 0 Å². The van der Waals surface area contributed by atoms with Crippen LogP contribution in [0.25, 0.3) is 22.3 Å². The fourth-order valence-electron chi connectivity index (χ4n) is 6.84. The average Bonchev–Trinajstić information content (AvgIpc) is 3.14. The van der Waals surface area contributed by atoms with Gasteiger partial charge >= 0.3 is 276 Å². The quantitative estimate of drug-likeness (QED) is 0.142. The molecule has 0 unspecified atom stereocenters. The summed E-state index contributed by atoms with van der Waals surface area (Å²) in [5.74, 6) is 0. The summed E-state index contributed by atoms with van der Waals surface area (Å²) in [7, 11) is 0. The average molecular weight is 662 g/mol. The molecule has 7 aromatic rings. The van der Waals surface area contributed by atoms with E-state index in [4.69, 9.17) is 15.5 Å². The van der Waals surface area contributed by atoms with Crippen molar-refractivity contribution in [3.05, 3.63) is 211 Å². The van der Waals surface area contributed by atoms with E-state index in [0.29, 0.717) is 0 Å². The molecule has 45 heavy (non-hydrogen) atoms. The molecule has 218 valence electrons. The molecule has 0 atom stereocenters. The van der Waals surface area contributed by atoms with Gasteiger partial charge in [-0.1, -0.05) is 0 Å². The maximum atomic E-state index is 4.85. The summed E-state index contributed by atoms with van der Waals surface area (Å²) in [5.41, 5.74) is 7.35. The van der Waals surface area contributed by atoms with Gasteiger partial charge in [-0.05, 0) is 0 Å². The first-order chi connectivity index (χ1) is 22.2. The van der Waals surface area contributed by atoms with E-state index >= 15 is 0 Å². The second-order valence-electron chi connectivity index (χ2n) is 11.5. The van der Waals surface area contributed by atoms with E-state index in [1.54, 1.807) is 0 Å². The molecule has 7 aromatic carbocycles. The van der Waals surface area contributed by atoms with Gasteiger partial charge in [-0.25, -0.2) is 0 Å². The van der Waals surface area contributed by atoms with Crippen molar-refractivity contribution in [2.75, 3.05) is 0 Å². The van der Waals surface area contributed by atoms with Gasteiger partial charge in [0.05, 0.1) is 0 Å². The Bertz CT molecular complexity index is 1830.